The first-order chi connectivity index (χ1) is 16.6. The van der Waals surface area contributed by atoms with Crippen LogP contribution in [-0.4, -0.2) is 26.2 Å². The van der Waals surface area contributed by atoms with Crippen LogP contribution in [0.4, 0.5) is 0 Å². The molecule has 1 N–H and O–H groups in total. The lowest BCUT2D eigenvalue weighted by Crippen LogP contribution is -2.58. The van der Waals surface area contributed by atoms with Crippen molar-refractivity contribution in [3.05, 3.63) is 108 Å². The maximum atomic E-state index is 12.7. The molecule has 1 saturated heterocycles. The number of nitrogens with one attached hydrogen (secondary N) is 1. The van der Waals surface area contributed by atoms with Gasteiger partial charge in [-0.2, -0.15) is 0 Å². The highest BCUT2D eigenvalue weighted by atomic mass is 32.2. The van der Waals surface area contributed by atoms with Gasteiger partial charge in [-0.15, -0.1) is 11.8 Å². The highest BCUT2D eigenvalue weighted by Gasteiger charge is 2.48. The number of hydrogen-bond donors (Lipinski definition) is 1. The predicted octanol–water partition coefficient (Wildman–Crippen LogP) is 7.20. The van der Waals surface area contributed by atoms with Crippen LogP contribution in [0.15, 0.2) is 91.0 Å². The van der Waals surface area contributed by atoms with Crippen LogP contribution in [0.1, 0.15) is 43.9 Å². The molecule has 0 radical (unpaired) electrons. The summed E-state index contributed by atoms with van der Waals surface area (Å²) in [6.45, 7) is 11.9. The van der Waals surface area contributed by atoms with E-state index in [-0.39, 0.29) is 22.2 Å². The molecule has 0 aromatic heterocycles. The SMILES string of the molecule is CC(C)(C)[Si](C)(C)OCCC1C(=O)NC1SC(c1ccccc1)(c1ccccc1)c1ccccc1. The molecule has 3 nitrogen and oxygen atoms in total. The third-order valence-electron chi connectivity index (χ3n) is 7.53. The molecule has 0 spiro atoms. The van der Waals surface area contributed by atoms with Crippen LogP contribution in [0, 0.1) is 5.92 Å². The molecule has 5 heteroatoms. The van der Waals surface area contributed by atoms with Crippen molar-refractivity contribution in [2.75, 3.05) is 6.61 Å². The Bertz CT molecular complexity index is 1020. The minimum Gasteiger partial charge on any atom is -0.417 e. The zero-order chi connectivity index (χ0) is 25.1. The van der Waals surface area contributed by atoms with Gasteiger partial charge in [0.2, 0.25) is 5.91 Å². The van der Waals surface area contributed by atoms with Crippen molar-refractivity contribution in [2.24, 2.45) is 5.92 Å². The van der Waals surface area contributed by atoms with Crippen molar-refractivity contribution in [3.8, 4) is 0 Å². The lowest BCUT2D eigenvalue weighted by Gasteiger charge is -2.45. The number of thioether (sulfide) groups is 1. The maximum Gasteiger partial charge on any atom is 0.227 e. The van der Waals surface area contributed by atoms with Gasteiger partial charge in [0, 0.05) is 6.61 Å². The van der Waals surface area contributed by atoms with Crippen LogP contribution in [-0.2, 0) is 14.0 Å². The van der Waals surface area contributed by atoms with Gasteiger partial charge in [-0.1, -0.05) is 112 Å². The van der Waals surface area contributed by atoms with E-state index in [1.807, 2.05) is 11.8 Å². The lowest BCUT2D eigenvalue weighted by molar-refractivity contribution is -0.132. The molecule has 35 heavy (non-hydrogen) atoms. The van der Waals surface area contributed by atoms with Gasteiger partial charge in [0.05, 0.1) is 16.0 Å². The Morgan fingerprint density at radius 2 is 1.23 bits per heavy atom. The van der Waals surface area contributed by atoms with Crippen molar-refractivity contribution in [1.82, 2.24) is 5.32 Å². The molecule has 2 atom stereocenters. The fourth-order valence-electron chi connectivity index (χ4n) is 4.35. The summed E-state index contributed by atoms with van der Waals surface area (Å²) in [4.78, 5) is 12.7. The molecule has 1 fully saturated rings. The molecule has 184 valence electrons. The fraction of sp³-hybridized carbons (Fsp3) is 0.367. The summed E-state index contributed by atoms with van der Waals surface area (Å²) in [5.74, 6) is 0.0599. The van der Waals surface area contributed by atoms with Gasteiger partial charge < -0.3 is 9.74 Å². The van der Waals surface area contributed by atoms with Gasteiger partial charge in [-0.3, -0.25) is 4.79 Å². The van der Waals surface area contributed by atoms with E-state index in [0.717, 1.165) is 6.42 Å². The van der Waals surface area contributed by atoms with E-state index in [1.54, 1.807) is 0 Å². The zero-order valence-corrected chi connectivity index (χ0v) is 23.3. The first kappa shape index (κ1) is 25.7. The molecule has 1 amide bonds. The van der Waals surface area contributed by atoms with E-state index < -0.39 is 13.1 Å². The summed E-state index contributed by atoms with van der Waals surface area (Å²) in [7, 11) is -1.85. The second kappa shape index (κ2) is 10.3. The Kier molecular flexibility index (Phi) is 7.60. The van der Waals surface area contributed by atoms with Crippen LogP contribution in [0.25, 0.3) is 0 Å². The van der Waals surface area contributed by atoms with E-state index in [0.29, 0.717) is 6.61 Å². The summed E-state index contributed by atoms with van der Waals surface area (Å²) in [5, 5.41) is 3.38. The van der Waals surface area contributed by atoms with Gasteiger partial charge in [0.15, 0.2) is 8.32 Å². The third-order valence-corrected chi connectivity index (χ3v) is 13.8. The molecule has 0 bridgehead atoms. The Hall–Kier alpha value is -2.34. The second-order valence-corrected chi connectivity index (χ2v) is 17.0. The summed E-state index contributed by atoms with van der Waals surface area (Å²) < 4.78 is 5.99. The Morgan fingerprint density at radius 3 is 1.60 bits per heavy atom. The number of β-lactam (4-membered cyclic amide) rings is 1. The highest BCUT2D eigenvalue weighted by molar-refractivity contribution is 8.01. The molecular weight excluding hydrogens is 466 g/mol. The summed E-state index contributed by atoms with van der Waals surface area (Å²) in [5.41, 5.74) is 3.62. The first-order valence-corrected chi connectivity index (χ1v) is 16.2. The molecule has 1 aliphatic rings. The molecule has 0 aliphatic carbocycles. The summed E-state index contributed by atoms with van der Waals surface area (Å²) in [6.07, 6.45) is 0.741. The Morgan fingerprint density at radius 1 is 0.800 bits per heavy atom. The van der Waals surface area contributed by atoms with Crippen LogP contribution in [0.5, 0.6) is 0 Å². The van der Waals surface area contributed by atoms with Gasteiger partial charge in [0.1, 0.15) is 0 Å². The van der Waals surface area contributed by atoms with Crippen molar-refractivity contribution in [3.63, 3.8) is 0 Å². The number of carbonyl (C=O) groups excluding carboxylic acids is 1. The molecule has 2 unspecified atom stereocenters. The molecule has 0 saturated carbocycles. The lowest BCUT2D eigenvalue weighted by atomic mass is 9.84. The number of benzene rings is 3. The Labute approximate surface area is 215 Å². The number of carbonyl (C=O) groups is 1. The van der Waals surface area contributed by atoms with Crippen LogP contribution in [0.3, 0.4) is 0 Å². The molecule has 1 aliphatic heterocycles. The smallest absolute Gasteiger partial charge is 0.227 e. The molecule has 3 aromatic carbocycles. The average Bonchev–Trinajstić information content (AvgIpc) is 2.85. The van der Waals surface area contributed by atoms with Gasteiger partial charge in [-0.05, 0) is 41.2 Å². The maximum absolute atomic E-state index is 12.7. The quantitative estimate of drug-likeness (QED) is 0.191. The normalized spacial score (nSPS) is 18.6. The van der Waals surface area contributed by atoms with Crippen LogP contribution < -0.4 is 5.32 Å². The van der Waals surface area contributed by atoms with E-state index in [4.69, 9.17) is 4.43 Å². The molecular formula is C30H37NO2SSi. The molecule has 3 aromatic rings. The number of hydrogen-bond acceptors (Lipinski definition) is 3. The van der Waals surface area contributed by atoms with Gasteiger partial charge in [-0.25, -0.2) is 0 Å². The van der Waals surface area contributed by atoms with Crippen molar-refractivity contribution >= 4 is 26.0 Å². The summed E-state index contributed by atoms with van der Waals surface area (Å²) in [6, 6.07) is 31.9. The fourth-order valence-corrected chi connectivity index (χ4v) is 7.21. The van der Waals surface area contributed by atoms with E-state index in [2.05, 4.69) is 130 Å². The molecule has 4 rings (SSSR count). The summed E-state index contributed by atoms with van der Waals surface area (Å²) >= 11 is 1.84. The number of rotatable bonds is 9. The topological polar surface area (TPSA) is 38.3 Å². The van der Waals surface area contributed by atoms with Crippen molar-refractivity contribution in [2.45, 2.75) is 55.4 Å². The molecule has 1 heterocycles. The van der Waals surface area contributed by atoms with Crippen LogP contribution in [0.2, 0.25) is 18.1 Å². The first-order valence-electron chi connectivity index (χ1n) is 12.4. The standard InChI is InChI=1S/C30H37NO2SSi/c1-29(2,3)35(4,5)33-22-21-26-27(32)31-28(26)34-30(23-15-9-6-10-16-23,24-17-11-7-12-18-24)25-19-13-8-14-20-25/h6-20,26,28H,21-22H2,1-5H3,(H,31,32). The minimum absolute atomic E-state index is 0.00568. The second-order valence-electron chi connectivity index (χ2n) is 10.8. The van der Waals surface area contributed by atoms with Gasteiger partial charge >= 0.3 is 0 Å². The predicted molar refractivity (Wildman–Crippen MR) is 150 cm³/mol. The third kappa shape index (κ3) is 5.27. The average molecular weight is 504 g/mol. The monoisotopic (exact) mass is 503 g/mol. The van der Waals surface area contributed by atoms with Crippen LogP contribution >= 0.6 is 11.8 Å². The van der Waals surface area contributed by atoms with Gasteiger partial charge in [0.25, 0.3) is 0 Å². The number of amides is 1. The minimum atomic E-state index is -1.85. The van der Waals surface area contributed by atoms with Crippen molar-refractivity contribution in [1.29, 1.82) is 0 Å². The van der Waals surface area contributed by atoms with E-state index >= 15 is 0 Å². The van der Waals surface area contributed by atoms with Crippen molar-refractivity contribution < 1.29 is 9.22 Å². The van der Waals surface area contributed by atoms with E-state index in [9.17, 15) is 4.79 Å². The Balaban J connectivity index is 1.66. The zero-order valence-electron chi connectivity index (χ0n) is 21.5. The highest BCUT2D eigenvalue weighted by Crippen LogP contribution is 2.52. The van der Waals surface area contributed by atoms with E-state index in [1.165, 1.54) is 16.7 Å². The largest absolute Gasteiger partial charge is 0.417 e.